The summed E-state index contributed by atoms with van der Waals surface area (Å²) >= 11 is 12.0. The molecule has 2 aromatic rings. The third kappa shape index (κ3) is 3.84. The molecule has 106 valence electrons. The van der Waals surface area contributed by atoms with Crippen LogP contribution in [0.1, 0.15) is 5.56 Å². The Bertz CT molecular complexity index is 556. The van der Waals surface area contributed by atoms with Crippen LogP contribution in [-0.2, 0) is 6.42 Å². The molecule has 1 unspecified atom stereocenters. The number of hydrogen-bond acceptors (Lipinski definition) is 4. The third-order valence-electron chi connectivity index (χ3n) is 2.69. The summed E-state index contributed by atoms with van der Waals surface area (Å²) in [6, 6.07) is 7.10. The molecule has 1 atom stereocenters. The van der Waals surface area contributed by atoms with Crippen molar-refractivity contribution in [3.63, 3.8) is 0 Å². The lowest BCUT2D eigenvalue weighted by Gasteiger charge is -2.11. The van der Waals surface area contributed by atoms with E-state index in [4.69, 9.17) is 38.8 Å². The second-order valence-electron chi connectivity index (χ2n) is 4.33. The number of aliphatic hydroxyl groups excluding tert-OH is 1. The van der Waals surface area contributed by atoms with Gasteiger partial charge in [0.05, 0.1) is 6.61 Å². The van der Waals surface area contributed by atoms with Gasteiger partial charge in [0.25, 0.3) is 0 Å². The van der Waals surface area contributed by atoms with E-state index in [0.29, 0.717) is 28.0 Å². The predicted octanol–water partition coefficient (Wildman–Crippen LogP) is 3.04. The van der Waals surface area contributed by atoms with Crippen LogP contribution in [0.5, 0.6) is 11.5 Å². The number of halogens is 2. The Morgan fingerprint density at radius 3 is 2.30 bits per heavy atom. The van der Waals surface area contributed by atoms with Crippen LogP contribution in [-0.4, -0.2) is 22.7 Å². The molecule has 1 aromatic carbocycles. The third-order valence-corrected chi connectivity index (χ3v) is 3.22. The SMILES string of the molecule is NC(CO)Cc1ccc(Oc2c(Cl)cncc2Cl)cc1. The minimum atomic E-state index is -0.258. The topological polar surface area (TPSA) is 68.4 Å². The number of pyridine rings is 1. The smallest absolute Gasteiger partial charge is 0.167 e. The first-order chi connectivity index (χ1) is 9.60. The Morgan fingerprint density at radius 2 is 1.75 bits per heavy atom. The molecule has 0 bridgehead atoms. The number of nitrogens with zero attached hydrogens (tertiary/aromatic N) is 1. The molecule has 20 heavy (non-hydrogen) atoms. The molecule has 0 amide bonds. The van der Waals surface area contributed by atoms with Gasteiger partial charge in [-0.05, 0) is 24.1 Å². The second-order valence-corrected chi connectivity index (χ2v) is 5.14. The van der Waals surface area contributed by atoms with Crippen molar-refractivity contribution in [2.75, 3.05) is 6.61 Å². The van der Waals surface area contributed by atoms with E-state index in [1.54, 1.807) is 12.1 Å². The van der Waals surface area contributed by atoms with Crippen molar-refractivity contribution >= 4 is 23.2 Å². The zero-order chi connectivity index (χ0) is 14.5. The van der Waals surface area contributed by atoms with Crippen molar-refractivity contribution in [1.29, 1.82) is 0 Å². The van der Waals surface area contributed by atoms with E-state index >= 15 is 0 Å². The van der Waals surface area contributed by atoms with E-state index in [9.17, 15) is 0 Å². The zero-order valence-electron chi connectivity index (χ0n) is 10.6. The van der Waals surface area contributed by atoms with Crippen LogP contribution in [0.15, 0.2) is 36.7 Å². The molecule has 0 fully saturated rings. The maximum absolute atomic E-state index is 8.92. The minimum absolute atomic E-state index is 0.0412. The van der Waals surface area contributed by atoms with Crippen molar-refractivity contribution in [3.8, 4) is 11.5 Å². The molecule has 4 nitrogen and oxygen atoms in total. The van der Waals surface area contributed by atoms with Gasteiger partial charge in [-0.15, -0.1) is 0 Å². The second kappa shape index (κ2) is 6.90. The molecule has 0 saturated carbocycles. The fraction of sp³-hybridized carbons (Fsp3) is 0.214. The van der Waals surface area contributed by atoms with Gasteiger partial charge in [-0.3, -0.25) is 4.98 Å². The summed E-state index contributed by atoms with van der Waals surface area (Å²) in [4.78, 5) is 3.86. The summed E-state index contributed by atoms with van der Waals surface area (Å²) < 4.78 is 5.64. The normalized spacial score (nSPS) is 12.2. The van der Waals surface area contributed by atoms with Crippen LogP contribution in [0.2, 0.25) is 10.0 Å². The van der Waals surface area contributed by atoms with E-state index < -0.39 is 0 Å². The van der Waals surface area contributed by atoms with Gasteiger partial charge in [-0.25, -0.2) is 0 Å². The zero-order valence-corrected chi connectivity index (χ0v) is 12.1. The maximum Gasteiger partial charge on any atom is 0.167 e. The average Bonchev–Trinajstić information content (AvgIpc) is 2.44. The standard InChI is InChI=1S/C14H14Cl2N2O2/c15-12-6-18-7-13(16)14(12)20-11-3-1-9(2-4-11)5-10(17)8-19/h1-4,6-7,10,19H,5,8,17H2. The quantitative estimate of drug-likeness (QED) is 0.890. The van der Waals surface area contributed by atoms with Crippen molar-refractivity contribution in [3.05, 3.63) is 52.3 Å². The van der Waals surface area contributed by atoms with Crippen molar-refractivity contribution in [2.45, 2.75) is 12.5 Å². The fourth-order valence-electron chi connectivity index (χ4n) is 1.68. The molecule has 0 aliphatic heterocycles. The Kier molecular flexibility index (Phi) is 5.20. The number of hydrogen-bond donors (Lipinski definition) is 2. The van der Waals surface area contributed by atoms with Gasteiger partial charge >= 0.3 is 0 Å². The van der Waals surface area contributed by atoms with Crippen molar-refractivity contribution in [1.82, 2.24) is 4.98 Å². The monoisotopic (exact) mass is 312 g/mol. The first-order valence-electron chi connectivity index (χ1n) is 6.02. The van der Waals surface area contributed by atoms with Crippen LogP contribution in [0.3, 0.4) is 0 Å². The van der Waals surface area contributed by atoms with E-state index in [1.165, 1.54) is 12.4 Å². The predicted molar refractivity (Wildman–Crippen MR) is 79.5 cm³/mol. The average molecular weight is 313 g/mol. The Balaban J connectivity index is 2.11. The van der Waals surface area contributed by atoms with Gasteiger partial charge < -0.3 is 15.6 Å². The van der Waals surface area contributed by atoms with Crippen LogP contribution in [0, 0.1) is 0 Å². The number of ether oxygens (including phenoxy) is 1. The van der Waals surface area contributed by atoms with E-state index in [1.807, 2.05) is 12.1 Å². The highest BCUT2D eigenvalue weighted by atomic mass is 35.5. The van der Waals surface area contributed by atoms with E-state index in [-0.39, 0.29) is 12.6 Å². The van der Waals surface area contributed by atoms with Gasteiger partial charge in [0.1, 0.15) is 15.8 Å². The van der Waals surface area contributed by atoms with E-state index in [2.05, 4.69) is 4.98 Å². The number of aliphatic hydroxyl groups is 1. The molecule has 2 rings (SSSR count). The van der Waals surface area contributed by atoms with Crippen LogP contribution in [0.4, 0.5) is 0 Å². The molecule has 3 N–H and O–H groups in total. The van der Waals surface area contributed by atoms with Gasteiger partial charge in [-0.2, -0.15) is 0 Å². The summed E-state index contributed by atoms with van der Waals surface area (Å²) in [6.45, 7) is -0.0412. The Morgan fingerprint density at radius 1 is 1.15 bits per heavy atom. The van der Waals surface area contributed by atoms with Crippen LogP contribution in [0.25, 0.3) is 0 Å². The minimum Gasteiger partial charge on any atom is -0.454 e. The fourth-order valence-corrected chi connectivity index (χ4v) is 2.12. The summed E-state index contributed by atoms with van der Waals surface area (Å²) in [6.07, 6.45) is 3.54. The Hall–Kier alpha value is -1.33. The first-order valence-corrected chi connectivity index (χ1v) is 6.78. The van der Waals surface area contributed by atoms with Gasteiger partial charge in [0.15, 0.2) is 5.75 Å². The van der Waals surface area contributed by atoms with Gasteiger partial charge in [0.2, 0.25) is 0 Å². The lowest BCUT2D eigenvalue weighted by atomic mass is 10.1. The number of benzene rings is 1. The van der Waals surface area contributed by atoms with Gasteiger partial charge in [-0.1, -0.05) is 35.3 Å². The highest BCUT2D eigenvalue weighted by molar-refractivity contribution is 6.36. The summed E-state index contributed by atoms with van der Waals surface area (Å²) in [5.41, 5.74) is 6.70. The molecule has 0 radical (unpaired) electrons. The number of aromatic nitrogens is 1. The number of rotatable bonds is 5. The molecule has 0 saturated heterocycles. The lowest BCUT2D eigenvalue weighted by molar-refractivity contribution is 0.265. The molecule has 1 aromatic heterocycles. The highest BCUT2D eigenvalue weighted by Crippen LogP contribution is 2.35. The van der Waals surface area contributed by atoms with Crippen molar-refractivity contribution < 1.29 is 9.84 Å². The summed E-state index contributed by atoms with van der Waals surface area (Å²) in [5.74, 6) is 0.990. The molecule has 6 heteroatoms. The molecular weight excluding hydrogens is 299 g/mol. The Labute approximate surface area is 127 Å². The highest BCUT2D eigenvalue weighted by Gasteiger charge is 2.09. The molecule has 1 heterocycles. The lowest BCUT2D eigenvalue weighted by Crippen LogP contribution is -2.26. The van der Waals surface area contributed by atoms with Crippen LogP contribution >= 0.6 is 23.2 Å². The molecule has 0 aliphatic carbocycles. The summed E-state index contributed by atoms with van der Waals surface area (Å²) in [5, 5.41) is 9.62. The molecule has 0 spiro atoms. The maximum atomic E-state index is 8.92. The van der Waals surface area contributed by atoms with Crippen molar-refractivity contribution in [2.24, 2.45) is 5.73 Å². The van der Waals surface area contributed by atoms with Gasteiger partial charge in [0, 0.05) is 18.4 Å². The first kappa shape index (κ1) is 15.1. The largest absolute Gasteiger partial charge is 0.454 e. The summed E-state index contributed by atoms with van der Waals surface area (Å²) in [7, 11) is 0. The van der Waals surface area contributed by atoms with Crippen LogP contribution < -0.4 is 10.5 Å². The van der Waals surface area contributed by atoms with E-state index in [0.717, 1.165) is 5.56 Å². The molecular formula is C14H14Cl2N2O2. The number of nitrogens with two attached hydrogens (primary N) is 1. The molecule has 0 aliphatic rings.